The van der Waals surface area contributed by atoms with Crippen molar-refractivity contribution in [2.45, 2.75) is 0 Å². The van der Waals surface area contributed by atoms with E-state index < -0.39 is 5.97 Å². The smallest absolute Gasteiger partial charge is 0.338 e. The molecule has 0 aliphatic rings. The van der Waals surface area contributed by atoms with Gasteiger partial charge in [-0.25, -0.2) is 4.79 Å². The highest BCUT2D eigenvalue weighted by Gasteiger charge is 2.15. The number of rotatable bonds is 2. The van der Waals surface area contributed by atoms with Crippen LogP contribution < -0.4 is 0 Å². The van der Waals surface area contributed by atoms with Crippen molar-refractivity contribution in [2.75, 3.05) is 0 Å². The highest BCUT2D eigenvalue weighted by Crippen LogP contribution is 2.15. The van der Waals surface area contributed by atoms with Crippen molar-refractivity contribution in [3.05, 3.63) is 23.9 Å². The van der Waals surface area contributed by atoms with Gasteiger partial charge in [0.2, 0.25) is 5.82 Å². The molecule has 0 fully saturated rings. The normalized spacial score (nSPS) is 10.0. The average molecular weight is 191 g/mol. The van der Waals surface area contributed by atoms with Gasteiger partial charge in [0.25, 0.3) is 0 Å². The number of carboxylic acids is 1. The van der Waals surface area contributed by atoms with Gasteiger partial charge in [-0.3, -0.25) is 4.98 Å². The number of hydrogen-bond donors (Lipinski definition) is 2. The van der Waals surface area contributed by atoms with Crippen molar-refractivity contribution >= 4 is 5.97 Å². The summed E-state index contributed by atoms with van der Waals surface area (Å²) < 4.78 is 0. The van der Waals surface area contributed by atoms with Crippen LogP contribution in [0.15, 0.2) is 18.3 Å². The Labute approximate surface area is 77.8 Å². The molecule has 0 aliphatic heterocycles. The van der Waals surface area contributed by atoms with Crippen molar-refractivity contribution in [1.29, 1.82) is 0 Å². The van der Waals surface area contributed by atoms with Crippen LogP contribution in [0.25, 0.3) is 11.5 Å². The Bertz CT molecular complexity index is 453. The SMILES string of the molecule is O=C(O)c1cccnc1-c1nn[nH]n1. The van der Waals surface area contributed by atoms with Crippen LogP contribution >= 0.6 is 0 Å². The van der Waals surface area contributed by atoms with E-state index in [1.165, 1.54) is 18.3 Å². The third kappa shape index (κ3) is 1.30. The van der Waals surface area contributed by atoms with Gasteiger partial charge in [0.15, 0.2) is 0 Å². The third-order valence-corrected chi connectivity index (χ3v) is 1.60. The van der Waals surface area contributed by atoms with Crippen LogP contribution in [0, 0.1) is 0 Å². The maximum absolute atomic E-state index is 10.8. The Hall–Kier alpha value is -2.31. The molecule has 2 aromatic rings. The summed E-state index contributed by atoms with van der Waals surface area (Å²) in [5, 5.41) is 21.7. The summed E-state index contributed by atoms with van der Waals surface area (Å²) in [6, 6.07) is 2.97. The second-order valence-corrected chi connectivity index (χ2v) is 2.44. The minimum absolute atomic E-state index is 0.0499. The number of aromatic nitrogens is 5. The van der Waals surface area contributed by atoms with Gasteiger partial charge in [-0.15, -0.1) is 10.2 Å². The number of carbonyl (C=O) groups is 1. The van der Waals surface area contributed by atoms with E-state index in [-0.39, 0.29) is 17.1 Å². The zero-order valence-electron chi connectivity index (χ0n) is 6.88. The zero-order valence-corrected chi connectivity index (χ0v) is 6.88. The number of nitrogens with one attached hydrogen (secondary N) is 1. The summed E-state index contributed by atoms with van der Waals surface area (Å²) >= 11 is 0. The molecule has 0 unspecified atom stereocenters. The van der Waals surface area contributed by atoms with Gasteiger partial charge in [0.1, 0.15) is 5.69 Å². The first-order valence-corrected chi connectivity index (χ1v) is 3.71. The molecule has 0 saturated carbocycles. The summed E-state index contributed by atoms with van der Waals surface area (Å²) in [5.74, 6) is -0.902. The Morgan fingerprint density at radius 1 is 1.50 bits per heavy atom. The molecule has 0 spiro atoms. The third-order valence-electron chi connectivity index (χ3n) is 1.60. The van der Waals surface area contributed by atoms with E-state index in [0.29, 0.717) is 0 Å². The Kier molecular flexibility index (Phi) is 1.90. The molecular formula is C7H5N5O2. The van der Waals surface area contributed by atoms with Crippen LogP contribution in [0.4, 0.5) is 0 Å². The number of nitrogens with zero attached hydrogens (tertiary/aromatic N) is 4. The topological polar surface area (TPSA) is 105 Å². The van der Waals surface area contributed by atoms with Gasteiger partial charge in [-0.05, 0) is 17.3 Å². The first-order chi connectivity index (χ1) is 6.79. The Morgan fingerprint density at radius 2 is 2.36 bits per heavy atom. The molecule has 2 heterocycles. The lowest BCUT2D eigenvalue weighted by atomic mass is 10.2. The van der Waals surface area contributed by atoms with E-state index in [1.54, 1.807) is 0 Å². The number of hydrogen-bond acceptors (Lipinski definition) is 5. The molecule has 0 bridgehead atoms. The van der Waals surface area contributed by atoms with Gasteiger partial charge >= 0.3 is 5.97 Å². The zero-order chi connectivity index (χ0) is 9.97. The maximum Gasteiger partial charge on any atom is 0.338 e. The molecule has 0 amide bonds. The van der Waals surface area contributed by atoms with Crippen LogP contribution in [0.3, 0.4) is 0 Å². The molecule has 7 nitrogen and oxygen atoms in total. The molecule has 0 aromatic carbocycles. The minimum Gasteiger partial charge on any atom is -0.478 e. The van der Waals surface area contributed by atoms with Crippen LogP contribution in [0.5, 0.6) is 0 Å². The minimum atomic E-state index is -1.07. The lowest BCUT2D eigenvalue weighted by Crippen LogP contribution is -2.01. The van der Waals surface area contributed by atoms with Crippen molar-refractivity contribution in [1.82, 2.24) is 25.6 Å². The second-order valence-electron chi connectivity index (χ2n) is 2.44. The molecule has 2 aromatic heterocycles. The number of aromatic carboxylic acids is 1. The molecule has 0 aliphatic carbocycles. The van der Waals surface area contributed by atoms with E-state index in [9.17, 15) is 4.79 Å². The number of aromatic amines is 1. The van der Waals surface area contributed by atoms with Crippen molar-refractivity contribution < 1.29 is 9.90 Å². The molecule has 2 N–H and O–H groups in total. The second kappa shape index (κ2) is 3.21. The van der Waals surface area contributed by atoms with E-state index in [4.69, 9.17) is 5.11 Å². The summed E-state index contributed by atoms with van der Waals surface area (Å²) in [6.07, 6.45) is 1.47. The highest BCUT2D eigenvalue weighted by atomic mass is 16.4. The lowest BCUT2D eigenvalue weighted by molar-refractivity contribution is 0.0697. The maximum atomic E-state index is 10.8. The largest absolute Gasteiger partial charge is 0.478 e. The summed E-state index contributed by atoms with van der Waals surface area (Å²) in [7, 11) is 0. The summed E-state index contributed by atoms with van der Waals surface area (Å²) in [6.45, 7) is 0. The van der Waals surface area contributed by atoms with Crippen LogP contribution in [-0.2, 0) is 0 Å². The quantitative estimate of drug-likeness (QED) is 0.690. The fraction of sp³-hybridized carbons (Fsp3) is 0. The van der Waals surface area contributed by atoms with Crippen LogP contribution in [-0.4, -0.2) is 36.7 Å². The van der Waals surface area contributed by atoms with Gasteiger partial charge in [0, 0.05) is 6.20 Å². The number of carboxylic acid groups (broad SMARTS) is 1. The first kappa shape index (κ1) is 8.30. The molecule has 0 atom stereocenters. The van der Waals surface area contributed by atoms with Crippen molar-refractivity contribution in [2.24, 2.45) is 0 Å². The highest BCUT2D eigenvalue weighted by molar-refractivity contribution is 5.93. The van der Waals surface area contributed by atoms with Crippen molar-refractivity contribution in [3.8, 4) is 11.5 Å². The summed E-state index contributed by atoms with van der Waals surface area (Å²) in [4.78, 5) is 14.7. The van der Waals surface area contributed by atoms with Gasteiger partial charge in [-0.2, -0.15) is 5.21 Å². The molecule has 0 saturated heterocycles. The molecule has 14 heavy (non-hydrogen) atoms. The van der Waals surface area contributed by atoms with E-state index >= 15 is 0 Å². The Morgan fingerprint density at radius 3 is 3.00 bits per heavy atom. The van der Waals surface area contributed by atoms with E-state index in [2.05, 4.69) is 25.6 Å². The standard InChI is InChI=1S/C7H5N5O2/c13-7(14)4-2-1-3-8-5(4)6-9-11-12-10-6/h1-3H,(H,13,14)(H,9,10,11,12). The number of pyridine rings is 1. The number of H-pyrrole nitrogens is 1. The van der Waals surface area contributed by atoms with Crippen molar-refractivity contribution in [3.63, 3.8) is 0 Å². The van der Waals surface area contributed by atoms with Gasteiger partial charge in [-0.1, -0.05) is 0 Å². The predicted molar refractivity (Wildman–Crippen MR) is 44.4 cm³/mol. The Balaban J connectivity index is 2.58. The molecule has 0 radical (unpaired) electrons. The van der Waals surface area contributed by atoms with Crippen LogP contribution in [0.2, 0.25) is 0 Å². The average Bonchev–Trinajstić information content (AvgIpc) is 2.70. The summed E-state index contributed by atoms with van der Waals surface area (Å²) in [5.41, 5.74) is 0.252. The van der Waals surface area contributed by atoms with Gasteiger partial charge < -0.3 is 5.11 Å². The number of tetrazole rings is 1. The van der Waals surface area contributed by atoms with E-state index in [0.717, 1.165) is 0 Å². The van der Waals surface area contributed by atoms with E-state index in [1.807, 2.05) is 0 Å². The molecule has 2 rings (SSSR count). The lowest BCUT2D eigenvalue weighted by Gasteiger charge is -1.98. The fourth-order valence-corrected chi connectivity index (χ4v) is 1.02. The predicted octanol–water partition coefficient (Wildman–Crippen LogP) is -0.0401. The van der Waals surface area contributed by atoms with Crippen LogP contribution in [0.1, 0.15) is 10.4 Å². The molecular weight excluding hydrogens is 186 g/mol. The molecule has 70 valence electrons. The van der Waals surface area contributed by atoms with Gasteiger partial charge in [0.05, 0.1) is 5.56 Å². The monoisotopic (exact) mass is 191 g/mol. The first-order valence-electron chi connectivity index (χ1n) is 3.71. The fourth-order valence-electron chi connectivity index (χ4n) is 1.02. The molecule has 7 heteroatoms.